The molecular weight excluding hydrogens is 436 g/mol. The first kappa shape index (κ1) is 22.5. The molecule has 0 radical (unpaired) electrons. The van der Waals surface area contributed by atoms with E-state index in [2.05, 4.69) is 124 Å². The summed E-state index contributed by atoms with van der Waals surface area (Å²) in [5.74, 6) is 0.434. The van der Waals surface area contributed by atoms with Crippen LogP contribution in [0.1, 0.15) is 48.4 Å². The highest BCUT2D eigenvalue weighted by atomic mass is 15.0. The summed E-state index contributed by atoms with van der Waals surface area (Å²) in [5, 5.41) is 3.87. The van der Waals surface area contributed by atoms with Gasteiger partial charge in [-0.15, -0.1) is 0 Å². The molecule has 6 aromatic rings. The van der Waals surface area contributed by atoms with E-state index in [4.69, 9.17) is 4.98 Å². The third-order valence-electron chi connectivity index (χ3n) is 7.76. The summed E-state index contributed by atoms with van der Waals surface area (Å²) in [5.41, 5.74) is 12.4. The van der Waals surface area contributed by atoms with Gasteiger partial charge in [0.15, 0.2) is 0 Å². The van der Waals surface area contributed by atoms with Crippen molar-refractivity contribution in [2.24, 2.45) is 0 Å². The van der Waals surface area contributed by atoms with Crippen LogP contribution in [-0.2, 0) is 0 Å². The van der Waals surface area contributed by atoms with E-state index in [1.54, 1.807) is 0 Å². The van der Waals surface area contributed by atoms with Gasteiger partial charge in [0.25, 0.3) is 0 Å². The van der Waals surface area contributed by atoms with Crippen LogP contribution >= 0.6 is 0 Å². The number of pyridine rings is 1. The minimum Gasteiger partial charge on any atom is -0.298 e. The predicted octanol–water partition coefficient (Wildman–Crippen LogP) is 9.41. The first-order valence-corrected chi connectivity index (χ1v) is 13.0. The maximum atomic E-state index is 5.30. The number of hydrogen-bond acceptors (Lipinski definition) is 1. The van der Waals surface area contributed by atoms with E-state index >= 15 is 0 Å². The van der Waals surface area contributed by atoms with Crippen LogP contribution in [0.3, 0.4) is 0 Å². The number of para-hydroxylation sites is 1. The second kappa shape index (κ2) is 8.64. The van der Waals surface area contributed by atoms with Gasteiger partial charge in [-0.25, -0.2) is 4.98 Å². The first-order valence-electron chi connectivity index (χ1n) is 13.0. The van der Waals surface area contributed by atoms with Gasteiger partial charge in [-0.2, -0.15) is 0 Å². The van der Waals surface area contributed by atoms with Gasteiger partial charge in [0.05, 0.1) is 11.2 Å². The summed E-state index contributed by atoms with van der Waals surface area (Å²) in [6.45, 7) is 11.3. The van der Waals surface area contributed by atoms with E-state index in [-0.39, 0.29) is 0 Å². The lowest BCUT2D eigenvalue weighted by Gasteiger charge is -2.21. The quantitative estimate of drug-likeness (QED) is 0.236. The topological polar surface area (TPSA) is 17.3 Å². The van der Waals surface area contributed by atoms with E-state index in [0.717, 1.165) is 23.3 Å². The summed E-state index contributed by atoms with van der Waals surface area (Å²) in [7, 11) is 0. The highest BCUT2D eigenvalue weighted by Gasteiger charge is 2.21. The Labute approximate surface area is 213 Å². The van der Waals surface area contributed by atoms with Crippen LogP contribution in [0.4, 0.5) is 0 Å². The minimum absolute atomic E-state index is 0.434. The molecule has 2 aromatic heterocycles. The molecule has 0 fully saturated rings. The Morgan fingerprint density at radius 3 is 2.22 bits per heavy atom. The lowest BCUT2D eigenvalue weighted by Crippen LogP contribution is -2.00. The third-order valence-corrected chi connectivity index (χ3v) is 7.76. The number of hydrogen-bond donors (Lipinski definition) is 0. The smallest absolute Gasteiger partial charge is 0.146 e. The molecule has 0 bridgehead atoms. The van der Waals surface area contributed by atoms with Crippen molar-refractivity contribution in [3.8, 4) is 22.4 Å². The number of nitrogens with zero attached hydrogens (tertiary/aromatic N) is 2. The highest BCUT2D eigenvalue weighted by Crippen LogP contribution is 2.43. The largest absolute Gasteiger partial charge is 0.298 e. The van der Waals surface area contributed by atoms with Crippen LogP contribution in [-0.4, -0.2) is 9.38 Å². The molecular formula is C34H32N2. The van der Waals surface area contributed by atoms with Crippen LogP contribution in [0, 0.1) is 20.8 Å². The molecule has 0 aliphatic heterocycles. The summed E-state index contributed by atoms with van der Waals surface area (Å²) < 4.78 is 2.31. The lowest BCUT2D eigenvalue weighted by atomic mass is 9.85. The molecule has 0 aliphatic carbocycles. The van der Waals surface area contributed by atoms with Crippen molar-refractivity contribution >= 4 is 27.3 Å². The summed E-state index contributed by atoms with van der Waals surface area (Å²) in [4.78, 5) is 5.30. The average molecular weight is 469 g/mol. The SMILES string of the molecule is CCC(C)c1ccc(-c2c(C)cc(C)cc2C)c2c3ccccc3n3cc(-c4ccccc4)nc3c12. The fourth-order valence-corrected chi connectivity index (χ4v) is 5.97. The highest BCUT2D eigenvalue weighted by molar-refractivity contribution is 6.19. The zero-order chi connectivity index (χ0) is 25.0. The van der Waals surface area contributed by atoms with E-state index in [9.17, 15) is 0 Å². The molecule has 0 saturated carbocycles. The van der Waals surface area contributed by atoms with Crippen LogP contribution in [0.5, 0.6) is 0 Å². The van der Waals surface area contributed by atoms with Crippen molar-refractivity contribution in [1.82, 2.24) is 9.38 Å². The molecule has 0 aliphatic rings. The number of aromatic nitrogens is 2. The van der Waals surface area contributed by atoms with E-state index in [1.165, 1.54) is 55.1 Å². The Bertz CT molecular complexity index is 1730. The van der Waals surface area contributed by atoms with Gasteiger partial charge in [0.1, 0.15) is 5.65 Å². The maximum Gasteiger partial charge on any atom is 0.146 e. The molecule has 0 spiro atoms. The molecule has 1 unspecified atom stereocenters. The van der Waals surface area contributed by atoms with Crippen molar-refractivity contribution in [1.29, 1.82) is 0 Å². The summed E-state index contributed by atoms with van der Waals surface area (Å²) >= 11 is 0. The fourth-order valence-electron chi connectivity index (χ4n) is 5.97. The monoisotopic (exact) mass is 468 g/mol. The Balaban J connectivity index is 1.84. The molecule has 4 aromatic carbocycles. The molecule has 0 saturated heterocycles. The molecule has 36 heavy (non-hydrogen) atoms. The fraction of sp³-hybridized carbons (Fsp3) is 0.206. The molecule has 2 heteroatoms. The van der Waals surface area contributed by atoms with Crippen molar-refractivity contribution < 1.29 is 0 Å². The number of imidazole rings is 1. The lowest BCUT2D eigenvalue weighted by molar-refractivity contribution is 0.740. The number of rotatable bonds is 4. The van der Waals surface area contributed by atoms with Crippen molar-refractivity contribution in [3.05, 3.63) is 107 Å². The van der Waals surface area contributed by atoms with E-state index < -0.39 is 0 Å². The second-order valence-electron chi connectivity index (χ2n) is 10.2. The second-order valence-corrected chi connectivity index (χ2v) is 10.2. The maximum absolute atomic E-state index is 5.30. The van der Waals surface area contributed by atoms with Gasteiger partial charge < -0.3 is 0 Å². The summed E-state index contributed by atoms with van der Waals surface area (Å²) in [6, 6.07) is 28.7. The zero-order valence-corrected chi connectivity index (χ0v) is 21.8. The molecule has 2 heterocycles. The van der Waals surface area contributed by atoms with E-state index in [0.29, 0.717) is 5.92 Å². The third kappa shape index (κ3) is 3.44. The normalized spacial score (nSPS) is 12.6. The van der Waals surface area contributed by atoms with Crippen LogP contribution in [0.15, 0.2) is 85.1 Å². The Morgan fingerprint density at radius 2 is 1.50 bits per heavy atom. The van der Waals surface area contributed by atoms with Gasteiger partial charge in [-0.3, -0.25) is 4.40 Å². The Hall–Kier alpha value is -3.91. The van der Waals surface area contributed by atoms with Gasteiger partial charge in [-0.1, -0.05) is 92.2 Å². The molecule has 0 N–H and O–H groups in total. The van der Waals surface area contributed by atoms with Gasteiger partial charge in [-0.05, 0) is 67.0 Å². The van der Waals surface area contributed by atoms with Crippen molar-refractivity contribution in [2.45, 2.75) is 47.0 Å². The summed E-state index contributed by atoms with van der Waals surface area (Å²) in [6.07, 6.45) is 3.30. The Kier molecular flexibility index (Phi) is 5.41. The van der Waals surface area contributed by atoms with E-state index in [1.807, 2.05) is 0 Å². The molecule has 1 atom stereocenters. The molecule has 178 valence electrons. The zero-order valence-electron chi connectivity index (χ0n) is 21.8. The first-order chi connectivity index (χ1) is 17.5. The number of fused-ring (bicyclic) bond motifs is 6. The Morgan fingerprint density at radius 1 is 0.806 bits per heavy atom. The molecule has 2 nitrogen and oxygen atoms in total. The van der Waals surface area contributed by atoms with Crippen LogP contribution in [0.25, 0.3) is 49.7 Å². The standard InChI is InChI=1S/C34H32N2/c1-6-22(3)26-16-17-28(31-23(4)18-21(2)19-24(31)5)32-27-14-10-11-15-30(27)36-20-29(35-34(36)33(26)32)25-12-8-7-9-13-25/h7-20,22H,6H2,1-5H3. The van der Waals surface area contributed by atoms with Gasteiger partial charge >= 0.3 is 0 Å². The molecule has 0 amide bonds. The number of aryl methyl sites for hydroxylation is 3. The van der Waals surface area contributed by atoms with Crippen LogP contribution in [0.2, 0.25) is 0 Å². The molecule has 6 rings (SSSR count). The van der Waals surface area contributed by atoms with Crippen molar-refractivity contribution in [3.63, 3.8) is 0 Å². The predicted molar refractivity (Wildman–Crippen MR) is 154 cm³/mol. The minimum atomic E-state index is 0.434. The number of benzene rings is 4. The average Bonchev–Trinajstić information content (AvgIpc) is 3.34. The van der Waals surface area contributed by atoms with Gasteiger partial charge in [0, 0.05) is 27.9 Å². The van der Waals surface area contributed by atoms with Gasteiger partial charge in [0.2, 0.25) is 0 Å². The van der Waals surface area contributed by atoms with Crippen molar-refractivity contribution in [2.75, 3.05) is 0 Å². The van der Waals surface area contributed by atoms with Crippen LogP contribution < -0.4 is 0 Å².